The highest BCUT2D eigenvalue weighted by molar-refractivity contribution is 5.92. The second-order valence-electron chi connectivity index (χ2n) is 18.9. The molecule has 8 bridgehead atoms. The van der Waals surface area contributed by atoms with E-state index in [0.29, 0.717) is 0 Å². The molecule has 0 amide bonds. The first-order chi connectivity index (χ1) is 26.5. The molecule has 5 unspecified atom stereocenters. The van der Waals surface area contributed by atoms with Gasteiger partial charge < -0.3 is 4.90 Å². The van der Waals surface area contributed by atoms with Crippen molar-refractivity contribution in [1.29, 1.82) is 0 Å². The predicted octanol–water partition coefficient (Wildman–Crippen LogP) is 13.3. The lowest BCUT2D eigenvalue weighted by molar-refractivity contribution is -0.231. The molecular weight excluding hydrogens is 651 g/mol. The van der Waals surface area contributed by atoms with E-state index in [4.69, 9.17) is 0 Å². The second-order valence-corrected chi connectivity index (χ2v) is 18.9. The van der Waals surface area contributed by atoms with E-state index >= 15 is 0 Å². The van der Waals surface area contributed by atoms with E-state index in [-0.39, 0.29) is 10.8 Å². The summed E-state index contributed by atoms with van der Waals surface area (Å²) in [7, 11) is 0. The number of hydrogen-bond acceptors (Lipinski definition) is 1. The van der Waals surface area contributed by atoms with Crippen LogP contribution in [0, 0.1) is 47.3 Å². The van der Waals surface area contributed by atoms with Crippen molar-refractivity contribution in [3.63, 3.8) is 0 Å². The van der Waals surface area contributed by atoms with E-state index in [2.05, 4.69) is 158 Å². The third-order valence-electron chi connectivity index (χ3n) is 16.6. The van der Waals surface area contributed by atoms with Gasteiger partial charge in [0, 0.05) is 27.8 Å². The van der Waals surface area contributed by atoms with E-state index < -0.39 is 0 Å². The summed E-state index contributed by atoms with van der Waals surface area (Å²) in [4.78, 5) is 2.62. The van der Waals surface area contributed by atoms with Crippen molar-refractivity contribution >= 4 is 17.1 Å². The lowest BCUT2D eigenvalue weighted by Crippen LogP contribution is -2.70. The molecular formula is C53H47N. The molecule has 6 aromatic rings. The highest BCUT2D eigenvalue weighted by Crippen LogP contribution is 2.79. The van der Waals surface area contributed by atoms with Gasteiger partial charge in [-0.3, -0.25) is 0 Å². The standard InChI is InChI=1S/C53H47N/c1-52(2)46-17-9-6-15-37(46)39-22-20-34(29-48(39)52)54(50-19-11-8-14-36(50)32-12-4-3-5-13-32)35-21-23-40-38-16-7-10-18-47(38)53(49(40)30-35)33-27-42-41-24-31-25-44(42)51(53)45(26-31)43(41)28-33/h3-23,29-31,33,41-45,51H,24-28H2,1-2H3. The molecule has 264 valence electrons. The van der Waals surface area contributed by atoms with E-state index in [1.165, 1.54) is 87.3 Å². The lowest BCUT2D eigenvalue weighted by Gasteiger charge is -2.75. The molecule has 0 aliphatic heterocycles. The van der Waals surface area contributed by atoms with Crippen LogP contribution >= 0.6 is 0 Å². The third-order valence-corrected chi connectivity index (χ3v) is 16.6. The van der Waals surface area contributed by atoms with Gasteiger partial charge in [0.05, 0.1) is 5.69 Å². The fourth-order valence-corrected chi connectivity index (χ4v) is 15.1. The quantitative estimate of drug-likeness (QED) is 0.177. The smallest absolute Gasteiger partial charge is 0.0540 e. The van der Waals surface area contributed by atoms with Gasteiger partial charge in [-0.2, -0.15) is 0 Å². The molecule has 15 rings (SSSR count). The second kappa shape index (κ2) is 10.4. The summed E-state index contributed by atoms with van der Waals surface area (Å²) < 4.78 is 0. The zero-order valence-corrected chi connectivity index (χ0v) is 31.4. The van der Waals surface area contributed by atoms with Crippen LogP contribution in [0.15, 0.2) is 140 Å². The van der Waals surface area contributed by atoms with Crippen LogP contribution in [-0.2, 0) is 10.8 Å². The maximum atomic E-state index is 2.71. The molecule has 6 aromatic carbocycles. The summed E-state index contributed by atoms with van der Waals surface area (Å²) in [5.41, 5.74) is 18.3. The largest absolute Gasteiger partial charge is 0.310 e. The van der Waals surface area contributed by atoms with Crippen molar-refractivity contribution < 1.29 is 0 Å². The average molecular weight is 698 g/mol. The van der Waals surface area contributed by atoms with E-state index in [1.54, 1.807) is 17.5 Å². The van der Waals surface area contributed by atoms with Crippen LogP contribution in [0.1, 0.15) is 68.2 Å². The highest BCUT2D eigenvalue weighted by atomic mass is 15.1. The molecule has 0 saturated heterocycles. The third kappa shape index (κ3) is 3.63. The molecule has 0 radical (unpaired) electrons. The fourth-order valence-electron chi connectivity index (χ4n) is 15.1. The first-order valence-electron chi connectivity index (χ1n) is 20.9. The molecule has 1 nitrogen and oxygen atoms in total. The van der Waals surface area contributed by atoms with E-state index in [0.717, 1.165) is 47.3 Å². The predicted molar refractivity (Wildman–Crippen MR) is 221 cm³/mol. The van der Waals surface area contributed by atoms with Crippen LogP contribution in [0.4, 0.5) is 17.1 Å². The van der Waals surface area contributed by atoms with Crippen molar-refractivity contribution in [1.82, 2.24) is 0 Å². The van der Waals surface area contributed by atoms with Crippen LogP contribution in [-0.4, -0.2) is 0 Å². The maximum absolute atomic E-state index is 2.71. The molecule has 7 fully saturated rings. The van der Waals surface area contributed by atoms with Crippen molar-refractivity contribution in [2.24, 2.45) is 47.3 Å². The molecule has 5 atom stereocenters. The SMILES string of the molecule is CC1(C)c2ccccc2-c2ccc(N(c3ccc4c(c3)C3(c5ccccc5-4)C4CC5C6CC7CC5C3C(C7)C6C4)c3ccccc3-c3ccccc3)cc21. The van der Waals surface area contributed by atoms with Gasteiger partial charge in [0.25, 0.3) is 0 Å². The number of hydrogen-bond donors (Lipinski definition) is 0. The number of fused-ring (bicyclic) bond motifs is 6. The van der Waals surface area contributed by atoms with Gasteiger partial charge >= 0.3 is 0 Å². The van der Waals surface area contributed by atoms with Gasteiger partial charge in [-0.1, -0.05) is 123 Å². The van der Waals surface area contributed by atoms with Gasteiger partial charge in [0.15, 0.2) is 0 Å². The zero-order chi connectivity index (χ0) is 35.5. The van der Waals surface area contributed by atoms with Crippen LogP contribution in [0.2, 0.25) is 0 Å². The first kappa shape index (κ1) is 30.4. The van der Waals surface area contributed by atoms with E-state index in [9.17, 15) is 0 Å². The Balaban J connectivity index is 1.05. The highest BCUT2D eigenvalue weighted by Gasteiger charge is 2.73. The van der Waals surface area contributed by atoms with Gasteiger partial charge in [0.1, 0.15) is 0 Å². The summed E-state index contributed by atoms with van der Waals surface area (Å²) in [6.45, 7) is 4.82. The summed E-state index contributed by atoms with van der Waals surface area (Å²) in [5, 5.41) is 0. The Bertz CT molecular complexity index is 2520. The van der Waals surface area contributed by atoms with Gasteiger partial charge in [0.2, 0.25) is 0 Å². The Morgan fingerprint density at radius 2 is 0.963 bits per heavy atom. The summed E-state index contributed by atoms with van der Waals surface area (Å²) in [6, 6.07) is 53.9. The van der Waals surface area contributed by atoms with Crippen LogP contribution in [0.3, 0.4) is 0 Å². The molecule has 0 N–H and O–H groups in total. The lowest BCUT2D eigenvalue weighted by atomic mass is 9.29. The molecule has 1 heteroatoms. The number of nitrogens with zero attached hydrogens (tertiary/aromatic N) is 1. The van der Waals surface area contributed by atoms with Crippen molar-refractivity contribution in [3.05, 3.63) is 162 Å². The molecule has 9 aliphatic carbocycles. The number of para-hydroxylation sites is 1. The molecule has 54 heavy (non-hydrogen) atoms. The Kier molecular flexibility index (Phi) is 5.89. The van der Waals surface area contributed by atoms with Crippen LogP contribution in [0.5, 0.6) is 0 Å². The molecule has 1 spiro atoms. The topological polar surface area (TPSA) is 3.24 Å². The first-order valence-corrected chi connectivity index (χ1v) is 20.9. The van der Waals surface area contributed by atoms with Gasteiger partial charge in [-0.25, -0.2) is 0 Å². The van der Waals surface area contributed by atoms with Gasteiger partial charge in [-0.05, 0) is 160 Å². The Morgan fingerprint density at radius 3 is 1.69 bits per heavy atom. The van der Waals surface area contributed by atoms with E-state index in [1.807, 2.05) is 0 Å². The Morgan fingerprint density at radius 1 is 0.444 bits per heavy atom. The Labute approximate surface area is 320 Å². The monoisotopic (exact) mass is 697 g/mol. The average Bonchev–Trinajstić information content (AvgIpc) is 3.62. The fraction of sp³-hybridized carbons (Fsp3) is 0.321. The number of benzene rings is 6. The van der Waals surface area contributed by atoms with Crippen molar-refractivity contribution in [2.45, 2.75) is 56.8 Å². The van der Waals surface area contributed by atoms with Crippen LogP contribution in [0.25, 0.3) is 33.4 Å². The number of rotatable bonds is 4. The van der Waals surface area contributed by atoms with Crippen molar-refractivity contribution in [3.8, 4) is 33.4 Å². The minimum Gasteiger partial charge on any atom is -0.310 e. The van der Waals surface area contributed by atoms with Crippen molar-refractivity contribution in [2.75, 3.05) is 4.90 Å². The number of anilines is 3. The zero-order valence-electron chi connectivity index (χ0n) is 31.4. The molecule has 0 heterocycles. The summed E-state index contributed by atoms with van der Waals surface area (Å²) in [5.74, 6) is 7.31. The van der Waals surface area contributed by atoms with Gasteiger partial charge in [-0.15, -0.1) is 0 Å². The summed E-state index contributed by atoms with van der Waals surface area (Å²) >= 11 is 0. The minimum absolute atomic E-state index is 0.0743. The van der Waals surface area contributed by atoms with Crippen LogP contribution < -0.4 is 4.90 Å². The minimum atomic E-state index is -0.0743. The summed E-state index contributed by atoms with van der Waals surface area (Å²) in [6.07, 6.45) is 7.42. The molecule has 0 aromatic heterocycles. The maximum Gasteiger partial charge on any atom is 0.0540 e. The Hall–Kier alpha value is -4.88. The molecule has 9 aliphatic rings. The molecule has 7 saturated carbocycles. The normalized spacial score (nSPS) is 31.7.